The average molecular weight is 293 g/mol. The van der Waals surface area contributed by atoms with E-state index < -0.39 is 11.7 Å². The maximum absolute atomic E-state index is 13.2. The molecule has 106 valence electrons. The number of hydrogen-bond acceptors (Lipinski definition) is 2. The van der Waals surface area contributed by atoms with Gasteiger partial charge in [0.15, 0.2) is 0 Å². The number of benzene rings is 1. The highest BCUT2D eigenvalue weighted by molar-refractivity contribution is 6.31. The first-order valence-corrected chi connectivity index (χ1v) is 6.58. The molecular formula is C13H16ClF3N2. The van der Waals surface area contributed by atoms with Crippen LogP contribution in [0.5, 0.6) is 0 Å². The van der Waals surface area contributed by atoms with Gasteiger partial charge in [0.1, 0.15) is 5.82 Å². The molecule has 1 aliphatic carbocycles. The second-order valence-electron chi connectivity index (χ2n) is 5.09. The lowest BCUT2D eigenvalue weighted by molar-refractivity contribution is 0.00430. The Hall–Kier alpha value is -0.780. The van der Waals surface area contributed by atoms with Crippen LogP contribution >= 0.6 is 11.6 Å². The minimum absolute atomic E-state index is 0.0773. The number of hydrogen-bond donors (Lipinski definition) is 2. The molecule has 0 amide bonds. The summed E-state index contributed by atoms with van der Waals surface area (Å²) in [6.45, 7) is 0. The third kappa shape index (κ3) is 3.61. The van der Waals surface area contributed by atoms with E-state index in [4.69, 9.17) is 17.4 Å². The first-order chi connectivity index (χ1) is 8.91. The van der Waals surface area contributed by atoms with Crippen molar-refractivity contribution in [2.24, 2.45) is 11.8 Å². The van der Waals surface area contributed by atoms with E-state index in [1.54, 1.807) is 0 Å². The van der Waals surface area contributed by atoms with Crippen LogP contribution < -0.4 is 11.3 Å². The molecule has 0 heterocycles. The molecule has 3 N–H and O–H groups in total. The zero-order valence-corrected chi connectivity index (χ0v) is 11.1. The molecule has 1 saturated carbocycles. The molecule has 0 aliphatic heterocycles. The summed E-state index contributed by atoms with van der Waals surface area (Å²) in [5, 5.41) is 0.257. The second kappa shape index (κ2) is 5.69. The lowest BCUT2D eigenvalue weighted by Gasteiger charge is -2.21. The van der Waals surface area contributed by atoms with E-state index in [0.29, 0.717) is 18.4 Å². The predicted octanol–water partition coefficient (Wildman–Crippen LogP) is 3.81. The number of alkyl halides is 2. The van der Waals surface area contributed by atoms with Crippen LogP contribution in [0, 0.1) is 11.7 Å². The van der Waals surface area contributed by atoms with Gasteiger partial charge in [-0.05, 0) is 36.5 Å². The topological polar surface area (TPSA) is 38.0 Å². The van der Waals surface area contributed by atoms with Gasteiger partial charge in [0, 0.05) is 23.9 Å². The van der Waals surface area contributed by atoms with E-state index >= 15 is 0 Å². The fourth-order valence-corrected chi connectivity index (χ4v) is 2.94. The Morgan fingerprint density at radius 2 is 2.21 bits per heavy atom. The molecule has 19 heavy (non-hydrogen) atoms. The highest BCUT2D eigenvalue weighted by Gasteiger charge is 2.40. The summed E-state index contributed by atoms with van der Waals surface area (Å²) in [5.74, 6) is 2.36. The Balaban J connectivity index is 2.08. The molecule has 6 heteroatoms. The van der Waals surface area contributed by atoms with Crippen LogP contribution in [-0.2, 0) is 0 Å². The van der Waals surface area contributed by atoms with E-state index in [-0.39, 0.29) is 29.8 Å². The third-order valence-electron chi connectivity index (χ3n) is 3.61. The van der Waals surface area contributed by atoms with Gasteiger partial charge < -0.3 is 0 Å². The van der Waals surface area contributed by atoms with Gasteiger partial charge in [-0.25, -0.2) is 13.2 Å². The smallest absolute Gasteiger partial charge is 0.248 e. The van der Waals surface area contributed by atoms with Crippen molar-refractivity contribution in [3.8, 4) is 0 Å². The van der Waals surface area contributed by atoms with E-state index in [1.807, 2.05) is 0 Å². The van der Waals surface area contributed by atoms with Crippen LogP contribution in [0.2, 0.25) is 5.02 Å². The molecule has 0 aromatic heterocycles. The van der Waals surface area contributed by atoms with Gasteiger partial charge in [0.2, 0.25) is 5.92 Å². The summed E-state index contributed by atoms with van der Waals surface area (Å²) in [6, 6.07) is 3.68. The van der Waals surface area contributed by atoms with Crippen molar-refractivity contribution in [3.05, 3.63) is 34.6 Å². The van der Waals surface area contributed by atoms with Gasteiger partial charge in [-0.15, -0.1) is 0 Å². The van der Waals surface area contributed by atoms with Gasteiger partial charge >= 0.3 is 0 Å². The fourth-order valence-electron chi connectivity index (χ4n) is 2.65. The molecule has 2 nitrogen and oxygen atoms in total. The van der Waals surface area contributed by atoms with Crippen molar-refractivity contribution >= 4 is 11.6 Å². The first-order valence-electron chi connectivity index (χ1n) is 6.20. The van der Waals surface area contributed by atoms with Crippen LogP contribution in [0.15, 0.2) is 18.2 Å². The summed E-state index contributed by atoms with van der Waals surface area (Å²) in [6.07, 6.45) is 0.748. The minimum Gasteiger partial charge on any atom is -0.271 e. The van der Waals surface area contributed by atoms with Crippen molar-refractivity contribution in [3.63, 3.8) is 0 Å². The number of halogens is 4. The Morgan fingerprint density at radius 1 is 1.47 bits per heavy atom. The molecule has 2 rings (SSSR count). The summed E-state index contributed by atoms with van der Waals surface area (Å²) in [5.41, 5.74) is 3.22. The van der Waals surface area contributed by atoms with Gasteiger partial charge in [0.25, 0.3) is 0 Å². The molecule has 2 unspecified atom stereocenters. The normalized spacial score (nSPS) is 23.5. The van der Waals surface area contributed by atoms with E-state index in [9.17, 15) is 13.2 Å². The van der Waals surface area contributed by atoms with Crippen molar-refractivity contribution in [1.82, 2.24) is 5.43 Å². The quantitative estimate of drug-likeness (QED) is 0.654. The maximum Gasteiger partial charge on any atom is 0.248 e. The van der Waals surface area contributed by atoms with Crippen molar-refractivity contribution in [2.75, 3.05) is 0 Å². The van der Waals surface area contributed by atoms with Crippen LogP contribution in [0.1, 0.15) is 37.3 Å². The highest BCUT2D eigenvalue weighted by atomic mass is 35.5. The lowest BCUT2D eigenvalue weighted by atomic mass is 9.94. The number of nitrogens with one attached hydrogen (secondary N) is 1. The van der Waals surface area contributed by atoms with Crippen molar-refractivity contribution < 1.29 is 13.2 Å². The summed E-state index contributed by atoms with van der Waals surface area (Å²) < 4.78 is 39.3. The second-order valence-corrected chi connectivity index (χ2v) is 5.49. The van der Waals surface area contributed by atoms with Crippen LogP contribution in [-0.4, -0.2) is 5.92 Å². The molecule has 1 aromatic carbocycles. The molecule has 0 bridgehead atoms. The first kappa shape index (κ1) is 14.6. The van der Waals surface area contributed by atoms with Gasteiger partial charge in [-0.3, -0.25) is 11.3 Å². The third-order valence-corrected chi connectivity index (χ3v) is 3.94. The molecule has 0 saturated heterocycles. The minimum atomic E-state index is -2.57. The summed E-state index contributed by atoms with van der Waals surface area (Å²) >= 11 is 5.96. The van der Waals surface area contributed by atoms with Gasteiger partial charge in [-0.2, -0.15) is 0 Å². The number of nitrogens with two attached hydrogens (primary N) is 1. The van der Waals surface area contributed by atoms with Gasteiger partial charge in [-0.1, -0.05) is 17.7 Å². The summed E-state index contributed by atoms with van der Waals surface area (Å²) in [4.78, 5) is 0. The Morgan fingerprint density at radius 3 is 2.74 bits per heavy atom. The predicted molar refractivity (Wildman–Crippen MR) is 68.4 cm³/mol. The molecule has 0 spiro atoms. The standard InChI is InChI=1S/C13H16ClF3N2/c14-11-6-9(15)1-2-10(11)12(19-18)5-8-3-4-13(16,17)7-8/h1-2,6,8,12,19H,3-5,7,18H2. The van der Waals surface area contributed by atoms with Crippen LogP contribution in [0.3, 0.4) is 0 Å². The van der Waals surface area contributed by atoms with E-state index in [0.717, 1.165) is 0 Å². The van der Waals surface area contributed by atoms with Crippen molar-refractivity contribution in [2.45, 2.75) is 37.6 Å². The maximum atomic E-state index is 13.2. The van der Waals surface area contributed by atoms with Crippen LogP contribution in [0.4, 0.5) is 13.2 Å². The SMILES string of the molecule is NNC(CC1CCC(F)(F)C1)c1ccc(F)cc1Cl. The molecular weight excluding hydrogens is 277 g/mol. The van der Waals surface area contributed by atoms with Crippen LogP contribution in [0.25, 0.3) is 0 Å². The molecule has 1 aromatic rings. The zero-order valence-electron chi connectivity index (χ0n) is 10.3. The molecule has 1 fully saturated rings. The lowest BCUT2D eigenvalue weighted by Crippen LogP contribution is -2.30. The van der Waals surface area contributed by atoms with E-state index in [1.165, 1.54) is 18.2 Å². The largest absolute Gasteiger partial charge is 0.271 e. The zero-order chi connectivity index (χ0) is 14.0. The van der Waals surface area contributed by atoms with E-state index in [2.05, 4.69) is 5.43 Å². The molecule has 0 radical (unpaired) electrons. The fraction of sp³-hybridized carbons (Fsp3) is 0.538. The number of rotatable bonds is 4. The molecule has 1 aliphatic rings. The number of hydrazine groups is 1. The Bertz CT molecular complexity index is 454. The monoisotopic (exact) mass is 292 g/mol. The molecule has 2 atom stereocenters. The van der Waals surface area contributed by atoms with Gasteiger partial charge in [0.05, 0.1) is 0 Å². The Labute approximate surface area is 115 Å². The Kier molecular flexibility index (Phi) is 4.38. The average Bonchev–Trinajstić information content (AvgIpc) is 2.66. The highest BCUT2D eigenvalue weighted by Crippen LogP contribution is 2.42. The summed E-state index contributed by atoms with van der Waals surface area (Å²) in [7, 11) is 0. The van der Waals surface area contributed by atoms with Crippen molar-refractivity contribution in [1.29, 1.82) is 0 Å².